The number of aryl methyl sites for hydroxylation is 3. The summed E-state index contributed by atoms with van der Waals surface area (Å²) in [7, 11) is 0. The van der Waals surface area contributed by atoms with Crippen LogP contribution >= 0.6 is 0 Å². The highest BCUT2D eigenvalue weighted by Gasteiger charge is 2.15. The summed E-state index contributed by atoms with van der Waals surface area (Å²) in [6.07, 6.45) is 0. The summed E-state index contributed by atoms with van der Waals surface area (Å²) in [4.78, 5) is 43.8. The first-order valence-electron chi connectivity index (χ1n) is 9.35. The highest BCUT2D eigenvalue weighted by Crippen LogP contribution is 2.19. The molecule has 0 spiro atoms. The standard InChI is InChI=1S/C20H22N8O3/c1-11-9-12(2)22-20(21-11)26-25-19(31)18(30)24-15-5-7-16(8-6-15)28-17(23-14(4)29)10-13(3)27-28/h5-10H,1-4H3,(H,23,29)(H,24,30)(H,25,31)(H,21,22,26). The molecule has 3 rings (SSSR count). The fourth-order valence-electron chi connectivity index (χ4n) is 2.79. The molecule has 0 saturated carbocycles. The third kappa shape index (κ3) is 5.63. The van der Waals surface area contributed by atoms with Gasteiger partial charge in [0.05, 0.1) is 11.4 Å². The first-order valence-corrected chi connectivity index (χ1v) is 9.35. The molecule has 4 N–H and O–H groups in total. The predicted octanol–water partition coefficient (Wildman–Crippen LogP) is 1.63. The molecule has 2 aromatic heterocycles. The molecule has 31 heavy (non-hydrogen) atoms. The Labute approximate surface area is 178 Å². The van der Waals surface area contributed by atoms with Crippen molar-refractivity contribution in [2.45, 2.75) is 27.7 Å². The van der Waals surface area contributed by atoms with E-state index >= 15 is 0 Å². The van der Waals surface area contributed by atoms with Gasteiger partial charge in [-0.1, -0.05) is 0 Å². The van der Waals surface area contributed by atoms with Gasteiger partial charge in [-0.3, -0.25) is 25.2 Å². The van der Waals surface area contributed by atoms with E-state index in [4.69, 9.17) is 0 Å². The first-order chi connectivity index (χ1) is 14.7. The number of amides is 3. The van der Waals surface area contributed by atoms with Crippen LogP contribution in [-0.4, -0.2) is 37.5 Å². The number of anilines is 3. The van der Waals surface area contributed by atoms with Crippen molar-refractivity contribution < 1.29 is 14.4 Å². The zero-order chi connectivity index (χ0) is 22.5. The Balaban J connectivity index is 1.62. The fraction of sp³-hybridized carbons (Fsp3) is 0.200. The fourth-order valence-corrected chi connectivity index (χ4v) is 2.79. The van der Waals surface area contributed by atoms with Crippen molar-refractivity contribution in [3.05, 3.63) is 53.5 Å². The molecule has 0 saturated heterocycles. The highest BCUT2D eigenvalue weighted by atomic mass is 16.2. The first kappa shape index (κ1) is 21.4. The van der Waals surface area contributed by atoms with Crippen molar-refractivity contribution >= 4 is 35.2 Å². The molecule has 0 radical (unpaired) electrons. The maximum Gasteiger partial charge on any atom is 0.328 e. The normalized spacial score (nSPS) is 10.3. The number of carbonyl (C=O) groups excluding carboxylic acids is 3. The van der Waals surface area contributed by atoms with E-state index in [2.05, 4.69) is 36.6 Å². The molecule has 0 bridgehead atoms. The third-order valence-electron chi connectivity index (χ3n) is 3.98. The molecule has 1 aromatic carbocycles. The lowest BCUT2D eigenvalue weighted by atomic mass is 10.2. The molecule has 2 heterocycles. The summed E-state index contributed by atoms with van der Waals surface area (Å²) in [5, 5.41) is 9.56. The summed E-state index contributed by atoms with van der Waals surface area (Å²) < 4.78 is 1.57. The predicted molar refractivity (Wildman–Crippen MR) is 115 cm³/mol. The van der Waals surface area contributed by atoms with Gasteiger partial charge in [0.1, 0.15) is 5.82 Å². The number of carbonyl (C=O) groups is 3. The number of rotatable bonds is 5. The monoisotopic (exact) mass is 422 g/mol. The maximum atomic E-state index is 12.1. The van der Waals surface area contributed by atoms with Crippen LogP contribution in [0.25, 0.3) is 5.69 Å². The Bertz CT molecular complexity index is 1120. The number of nitrogens with zero attached hydrogens (tertiary/aromatic N) is 4. The van der Waals surface area contributed by atoms with Gasteiger partial charge >= 0.3 is 11.8 Å². The SMILES string of the molecule is CC(=O)Nc1cc(C)nn1-c1ccc(NC(=O)C(=O)NNc2nc(C)cc(C)n2)cc1. The highest BCUT2D eigenvalue weighted by molar-refractivity contribution is 6.39. The van der Waals surface area contributed by atoms with E-state index in [1.807, 2.05) is 6.92 Å². The molecule has 11 nitrogen and oxygen atoms in total. The number of nitrogens with one attached hydrogen (secondary N) is 4. The van der Waals surface area contributed by atoms with Crippen LogP contribution in [0.3, 0.4) is 0 Å². The van der Waals surface area contributed by atoms with Gasteiger partial charge in [0.2, 0.25) is 11.9 Å². The van der Waals surface area contributed by atoms with Crippen LogP contribution in [0.2, 0.25) is 0 Å². The Kier molecular flexibility index (Phi) is 6.24. The summed E-state index contributed by atoms with van der Waals surface area (Å²) in [6.45, 7) is 6.81. The van der Waals surface area contributed by atoms with E-state index in [9.17, 15) is 14.4 Å². The number of benzene rings is 1. The van der Waals surface area contributed by atoms with Gasteiger partial charge in [-0.15, -0.1) is 0 Å². The molecule has 11 heteroatoms. The van der Waals surface area contributed by atoms with Gasteiger partial charge in [0.15, 0.2) is 0 Å². The van der Waals surface area contributed by atoms with Crippen molar-refractivity contribution in [1.82, 2.24) is 25.2 Å². The lowest BCUT2D eigenvalue weighted by Gasteiger charge is -2.10. The molecule has 0 atom stereocenters. The molecule has 3 aromatic rings. The van der Waals surface area contributed by atoms with E-state index in [-0.39, 0.29) is 11.9 Å². The van der Waals surface area contributed by atoms with E-state index in [1.165, 1.54) is 6.92 Å². The number of aromatic nitrogens is 4. The van der Waals surface area contributed by atoms with Crippen molar-refractivity contribution in [2.24, 2.45) is 0 Å². The molecule has 0 unspecified atom stereocenters. The molecule has 0 aliphatic heterocycles. The van der Waals surface area contributed by atoms with Gasteiger partial charge in [-0.2, -0.15) is 5.10 Å². The Morgan fingerprint density at radius 3 is 2.10 bits per heavy atom. The van der Waals surface area contributed by atoms with E-state index in [0.717, 1.165) is 17.1 Å². The Morgan fingerprint density at radius 1 is 0.839 bits per heavy atom. The topological polar surface area (TPSA) is 143 Å². The van der Waals surface area contributed by atoms with Crippen LogP contribution in [-0.2, 0) is 14.4 Å². The molecule has 3 amide bonds. The van der Waals surface area contributed by atoms with Gasteiger partial charge in [0, 0.05) is 30.1 Å². The van der Waals surface area contributed by atoms with Crippen LogP contribution in [0.1, 0.15) is 24.0 Å². The average Bonchev–Trinajstić information content (AvgIpc) is 3.05. The Morgan fingerprint density at radius 2 is 1.48 bits per heavy atom. The van der Waals surface area contributed by atoms with Gasteiger partial charge in [0.25, 0.3) is 0 Å². The minimum atomic E-state index is -0.900. The van der Waals surface area contributed by atoms with Crippen LogP contribution in [0.4, 0.5) is 17.5 Å². The number of hydrogen-bond donors (Lipinski definition) is 4. The molecule has 0 fully saturated rings. The second-order valence-corrected chi connectivity index (χ2v) is 6.82. The summed E-state index contributed by atoms with van der Waals surface area (Å²) >= 11 is 0. The molecule has 0 aliphatic carbocycles. The van der Waals surface area contributed by atoms with Gasteiger partial charge in [-0.25, -0.2) is 14.6 Å². The van der Waals surface area contributed by atoms with Gasteiger partial charge in [-0.05, 0) is 51.1 Å². The smallest absolute Gasteiger partial charge is 0.318 e. The third-order valence-corrected chi connectivity index (χ3v) is 3.98. The second kappa shape index (κ2) is 9.03. The summed E-state index contributed by atoms with van der Waals surface area (Å²) in [5.74, 6) is -1.26. The summed E-state index contributed by atoms with van der Waals surface area (Å²) in [5.41, 5.74) is 8.05. The number of hydrogen-bond acceptors (Lipinski definition) is 7. The van der Waals surface area contributed by atoms with Crippen molar-refractivity contribution in [1.29, 1.82) is 0 Å². The van der Waals surface area contributed by atoms with Gasteiger partial charge < -0.3 is 10.6 Å². The lowest BCUT2D eigenvalue weighted by molar-refractivity contribution is -0.135. The number of hydrazine groups is 1. The molecular formula is C20H22N8O3. The molecule has 0 aliphatic rings. The summed E-state index contributed by atoms with van der Waals surface area (Å²) in [6, 6.07) is 10.2. The average molecular weight is 422 g/mol. The largest absolute Gasteiger partial charge is 0.328 e. The quantitative estimate of drug-likeness (QED) is 0.361. The van der Waals surface area contributed by atoms with Crippen molar-refractivity contribution in [3.63, 3.8) is 0 Å². The van der Waals surface area contributed by atoms with Crippen molar-refractivity contribution in [3.8, 4) is 5.69 Å². The van der Waals surface area contributed by atoms with E-state index in [1.54, 1.807) is 54.9 Å². The Hall–Kier alpha value is -4.28. The zero-order valence-corrected chi connectivity index (χ0v) is 17.5. The molecular weight excluding hydrogens is 400 g/mol. The maximum absolute atomic E-state index is 12.1. The van der Waals surface area contributed by atoms with Crippen LogP contribution in [0, 0.1) is 20.8 Å². The minimum absolute atomic E-state index is 0.187. The van der Waals surface area contributed by atoms with Crippen LogP contribution in [0.5, 0.6) is 0 Å². The lowest BCUT2D eigenvalue weighted by Crippen LogP contribution is -2.39. The van der Waals surface area contributed by atoms with Crippen molar-refractivity contribution in [2.75, 3.05) is 16.1 Å². The molecule has 160 valence electrons. The van der Waals surface area contributed by atoms with Crippen LogP contribution in [0.15, 0.2) is 36.4 Å². The zero-order valence-electron chi connectivity index (χ0n) is 17.5. The van der Waals surface area contributed by atoms with Crippen LogP contribution < -0.4 is 21.5 Å². The second-order valence-electron chi connectivity index (χ2n) is 6.82. The van der Waals surface area contributed by atoms with E-state index in [0.29, 0.717) is 17.2 Å². The minimum Gasteiger partial charge on any atom is -0.318 e. The van der Waals surface area contributed by atoms with E-state index < -0.39 is 11.8 Å².